The Hall–Kier alpha value is -4.53. The number of carbonyl (C=O) groups is 5. The highest BCUT2D eigenvalue weighted by molar-refractivity contribution is 5.88. The van der Waals surface area contributed by atoms with Crippen LogP contribution in [0.2, 0.25) is 0 Å². The highest BCUT2D eigenvalue weighted by Crippen LogP contribution is 2.29. The van der Waals surface area contributed by atoms with Crippen molar-refractivity contribution < 1.29 is 38.2 Å². The molecule has 1 saturated heterocycles. The van der Waals surface area contributed by atoms with Gasteiger partial charge in [-0.2, -0.15) is 0 Å². The van der Waals surface area contributed by atoms with Crippen LogP contribution in [0, 0.1) is 17.8 Å². The lowest BCUT2D eigenvalue weighted by Crippen LogP contribution is -2.55. The van der Waals surface area contributed by atoms with Crippen LogP contribution in [-0.4, -0.2) is 150 Å². The number of methoxy groups -OCH3 is 3. The Bertz CT molecular complexity index is 1690. The number of hydrogen-bond donors (Lipinski definition) is 2. The van der Waals surface area contributed by atoms with Gasteiger partial charge in [-0.3, -0.25) is 24.1 Å². The quantitative estimate of drug-likeness (QED) is 0.147. The van der Waals surface area contributed by atoms with Crippen molar-refractivity contribution in [2.24, 2.45) is 17.8 Å². The van der Waals surface area contributed by atoms with Crippen LogP contribution in [0.15, 0.2) is 54.6 Å². The second-order valence-electron chi connectivity index (χ2n) is 17.1. The second kappa shape index (κ2) is 24.8. The fourth-order valence-corrected chi connectivity index (χ4v) is 8.62. The molecule has 1 fully saturated rings. The molecule has 0 aliphatic carbocycles. The number of esters is 1. The highest BCUT2D eigenvalue weighted by atomic mass is 16.5. The van der Waals surface area contributed by atoms with E-state index in [1.807, 2.05) is 84.1 Å². The summed E-state index contributed by atoms with van der Waals surface area (Å²) in [6.45, 7) is 10.8. The molecule has 1 aliphatic heterocycles. The van der Waals surface area contributed by atoms with Gasteiger partial charge >= 0.3 is 5.97 Å². The second-order valence-corrected chi connectivity index (χ2v) is 17.1. The molecule has 3 rings (SSSR count). The zero-order chi connectivity index (χ0) is 45.4. The van der Waals surface area contributed by atoms with E-state index in [0.29, 0.717) is 19.5 Å². The minimum absolute atomic E-state index is 0.00256. The van der Waals surface area contributed by atoms with Crippen molar-refractivity contribution >= 4 is 35.3 Å². The van der Waals surface area contributed by atoms with Crippen LogP contribution in [0.3, 0.4) is 0 Å². The fourth-order valence-electron chi connectivity index (χ4n) is 8.62. The van der Waals surface area contributed by atoms with Gasteiger partial charge in [-0.05, 0) is 61.4 Å². The lowest BCUT2D eigenvalue weighted by Gasteiger charge is -2.39. The summed E-state index contributed by atoms with van der Waals surface area (Å²) in [6.07, 6.45) is 1.84. The van der Waals surface area contributed by atoms with E-state index >= 15 is 0 Å². The number of hydrogen-bond acceptors (Lipinski definition) is 10. The Balaban J connectivity index is 1.67. The Labute approximate surface area is 365 Å². The van der Waals surface area contributed by atoms with Crippen LogP contribution in [0.5, 0.6) is 0 Å². The predicted octanol–water partition coefficient (Wildman–Crippen LogP) is 4.19. The van der Waals surface area contributed by atoms with Crippen molar-refractivity contribution in [3.8, 4) is 0 Å². The number of likely N-dealkylation sites (N-methyl/N-ethyl adjacent to an activating group) is 2. The number of rotatable bonds is 24. The molecular weight excluding hydrogens is 777 g/mol. The monoisotopic (exact) mass is 851 g/mol. The summed E-state index contributed by atoms with van der Waals surface area (Å²) >= 11 is 0. The Morgan fingerprint density at radius 1 is 0.852 bits per heavy atom. The maximum atomic E-state index is 14.2. The van der Waals surface area contributed by atoms with E-state index in [9.17, 15) is 24.0 Å². The van der Waals surface area contributed by atoms with Gasteiger partial charge in [-0.1, -0.05) is 83.5 Å². The third-order valence-electron chi connectivity index (χ3n) is 12.4. The molecule has 1 heterocycles. The molecule has 2 aromatic rings. The molecule has 8 atom stereocenters. The zero-order valence-corrected chi connectivity index (χ0v) is 38.8. The van der Waals surface area contributed by atoms with Crippen LogP contribution in [0.1, 0.15) is 71.4 Å². The first kappa shape index (κ1) is 50.8. The summed E-state index contributed by atoms with van der Waals surface area (Å²) in [5.41, 5.74) is 3.18. The van der Waals surface area contributed by atoms with E-state index < -0.39 is 48.3 Å². The summed E-state index contributed by atoms with van der Waals surface area (Å²) in [6, 6.07) is 15.6. The van der Waals surface area contributed by atoms with Gasteiger partial charge in [0, 0.05) is 60.6 Å². The third kappa shape index (κ3) is 14.3. The maximum Gasteiger partial charge on any atom is 0.328 e. The number of ether oxygens (including phenoxy) is 3. The molecule has 2 N–H and O–H groups in total. The van der Waals surface area contributed by atoms with Gasteiger partial charge in [0.15, 0.2) is 0 Å². The van der Waals surface area contributed by atoms with Crippen molar-refractivity contribution in [2.75, 3.05) is 74.1 Å². The molecule has 5 unspecified atom stereocenters. The van der Waals surface area contributed by atoms with Crippen molar-refractivity contribution in [3.63, 3.8) is 0 Å². The SMILES string of the molecule is CC[C@H](C)C(C(CC(=O)N1CCC[C@H]1[C@H](OC)C(C)C(=O)NC(Cc1ccccc1)C(=O)OC)OC)N(C)C(=O)CNC(=O)C(C(C)C)N(C)CCc1ccc(N(C)C)cc1. The smallest absolute Gasteiger partial charge is 0.328 e. The minimum Gasteiger partial charge on any atom is -0.467 e. The van der Waals surface area contributed by atoms with E-state index in [4.69, 9.17) is 14.2 Å². The van der Waals surface area contributed by atoms with Crippen LogP contribution in [0.4, 0.5) is 5.69 Å². The van der Waals surface area contributed by atoms with Crippen molar-refractivity contribution in [1.82, 2.24) is 25.3 Å². The Morgan fingerprint density at radius 2 is 1.51 bits per heavy atom. The van der Waals surface area contributed by atoms with Crippen molar-refractivity contribution in [3.05, 3.63) is 65.7 Å². The summed E-state index contributed by atoms with van der Waals surface area (Å²) in [4.78, 5) is 75.6. The van der Waals surface area contributed by atoms with E-state index in [0.717, 1.165) is 30.5 Å². The van der Waals surface area contributed by atoms with E-state index in [1.54, 1.807) is 30.9 Å². The lowest BCUT2D eigenvalue weighted by atomic mass is 9.90. The molecule has 0 radical (unpaired) electrons. The number of likely N-dealkylation sites (tertiary alicyclic amines) is 1. The molecule has 61 heavy (non-hydrogen) atoms. The zero-order valence-electron chi connectivity index (χ0n) is 38.8. The molecule has 0 aromatic heterocycles. The number of nitrogens with one attached hydrogen (secondary N) is 2. The fraction of sp³-hybridized carbons (Fsp3) is 0.638. The third-order valence-corrected chi connectivity index (χ3v) is 12.4. The predicted molar refractivity (Wildman–Crippen MR) is 239 cm³/mol. The Kier molecular flexibility index (Phi) is 20.7. The van der Waals surface area contributed by atoms with E-state index in [2.05, 4.69) is 39.8 Å². The van der Waals surface area contributed by atoms with Gasteiger partial charge in [0.2, 0.25) is 23.6 Å². The molecule has 0 saturated carbocycles. The average molecular weight is 851 g/mol. The summed E-state index contributed by atoms with van der Waals surface area (Å²) in [7, 11) is 12.0. The first-order valence-corrected chi connectivity index (χ1v) is 21.8. The summed E-state index contributed by atoms with van der Waals surface area (Å²) < 4.78 is 16.9. The average Bonchev–Trinajstić information content (AvgIpc) is 3.74. The topological polar surface area (TPSA) is 150 Å². The van der Waals surface area contributed by atoms with Gasteiger partial charge in [0.1, 0.15) is 6.04 Å². The van der Waals surface area contributed by atoms with Gasteiger partial charge in [-0.15, -0.1) is 0 Å². The number of anilines is 1. The van der Waals surface area contributed by atoms with Crippen LogP contribution >= 0.6 is 0 Å². The van der Waals surface area contributed by atoms with Gasteiger partial charge < -0.3 is 39.5 Å². The van der Waals surface area contributed by atoms with Crippen molar-refractivity contribution in [2.45, 2.75) is 110 Å². The molecule has 14 nitrogen and oxygen atoms in total. The van der Waals surface area contributed by atoms with Gasteiger partial charge in [0.05, 0.1) is 56.3 Å². The summed E-state index contributed by atoms with van der Waals surface area (Å²) in [5, 5.41) is 5.77. The van der Waals surface area contributed by atoms with Gasteiger partial charge in [-0.25, -0.2) is 4.79 Å². The van der Waals surface area contributed by atoms with Gasteiger partial charge in [0.25, 0.3) is 0 Å². The van der Waals surface area contributed by atoms with E-state index in [-0.39, 0.29) is 54.9 Å². The largest absolute Gasteiger partial charge is 0.467 e. The number of benzene rings is 2. The highest BCUT2D eigenvalue weighted by Gasteiger charge is 2.42. The number of carbonyl (C=O) groups excluding carboxylic acids is 5. The molecule has 0 bridgehead atoms. The van der Waals surface area contributed by atoms with Crippen molar-refractivity contribution in [1.29, 1.82) is 0 Å². The molecular formula is C47H74N6O8. The first-order chi connectivity index (χ1) is 29.0. The minimum atomic E-state index is -0.894. The maximum absolute atomic E-state index is 14.2. The standard InChI is InChI=1S/C47H74N6O8/c1-13-32(4)43(52(9)41(55)30-48-46(57)42(31(2)3)51(8)27-25-34-21-23-36(24-22-34)50(6)7)39(59-10)29-40(54)53-26-17-20-38(53)44(60-11)33(5)45(56)49-37(47(58)61-12)28-35-18-15-14-16-19-35/h14-16,18-19,21-24,31-33,37-39,42-44H,13,17,20,25-30H2,1-12H3,(H,48,57)(H,49,56)/t32-,33?,37?,38-,39?,42?,43?,44+/m0/s1. The molecule has 2 aromatic carbocycles. The molecule has 1 aliphatic rings. The molecule has 4 amide bonds. The number of amides is 4. The van der Waals surface area contributed by atoms with E-state index in [1.165, 1.54) is 19.8 Å². The Morgan fingerprint density at radius 3 is 2.07 bits per heavy atom. The van der Waals surface area contributed by atoms with Crippen LogP contribution in [0.25, 0.3) is 0 Å². The number of nitrogens with zero attached hydrogens (tertiary/aromatic N) is 4. The molecule has 340 valence electrons. The lowest BCUT2D eigenvalue weighted by molar-refractivity contribution is -0.148. The molecule has 14 heteroatoms. The van der Waals surface area contributed by atoms with Crippen LogP contribution < -0.4 is 15.5 Å². The normalized spacial score (nSPS) is 17.5. The first-order valence-electron chi connectivity index (χ1n) is 21.8. The summed E-state index contributed by atoms with van der Waals surface area (Å²) in [5.74, 6) is -2.33. The molecule has 0 spiro atoms. The van der Waals surface area contributed by atoms with Crippen LogP contribution in [-0.2, 0) is 51.0 Å².